The molecule has 0 aliphatic heterocycles. The van der Waals surface area contributed by atoms with E-state index in [4.69, 9.17) is 0 Å². The van der Waals surface area contributed by atoms with E-state index in [1.807, 2.05) is 0 Å². The summed E-state index contributed by atoms with van der Waals surface area (Å²) in [6.45, 7) is 13.5. The summed E-state index contributed by atoms with van der Waals surface area (Å²) in [5.41, 5.74) is 0. The van der Waals surface area contributed by atoms with Crippen LogP contribution < -0.4 is 30.6 Å². The molecule has 0 bridgehead atoms. The van der Waals surface area contributed by atoms with Gasteiger partial charge in [-0.05, 0) is 231 Å². The Morgan fingerprint density at radius 2 is 0.207 bits per heavy atom. The smallest absolute Gasteiger partial charge is 0.550 e. The summed E-state index contributed by atoms with van der Waals surface area (Å²) in [6.07, 6.45) is 125. The Morgan fingerprint density at radius 3 is 0.289 bits per heavy atom. The van der Waals surface area contributed by atoms with Crippen LogP contribution in [0.1, 0.15) is 581 Å². The van der Waals surface area contributed by atoms with Crippen molar-refractivity contribution in [2.75, 3.05) is 0 Å². The van der Waals surface area contributed by atoms with Crippen molar-refractivity contribution >= 4 is 35.8 Å². The molecule has 0 radical (unpaired) electrons. The number of aliphatic carboxylic acids is 6. The monoisotopic (exact) mass is 1790 g/mol. The van der Waals surface area contributed by atoms with Crippen LogP contribution in [-0.4, -0.2) is 35.8 Å². The number of carboxylic acid groups (broad SMARTS) is 6. The molecule has 0 amide bonds. The largest absolute Gasteiger partial charge is 6.00 e. The molecule has 12 nitrogen and oxygen atoms in total. The van der Waals surface area contributed by atoms with Crippen LogP contribution >= 0.6 is 0 Å². The standard InChI is InChI=1S/6C18H34O2.Mo/c6*1-2-3-4-5-6-7-8-9-10-11-12-13-14-15-16-17-18(19)20;/h6*9-10H,2-8,11-17H2,1H3,(H,19,20);/q;;;;;;+6/p-6/b6*10-9-;. The zero-order chi connectivity index (χ0) is 89.3. The second-order valence-electron chi connectivity index (χ2n) is 34.2. The average molecular weight is 1780 g/mol. The third-order valence-corrected chi connectivity index (χ3v) is 21.9. The Hall–Kier alpha value is -4.05. The van der Waals surface area contributed by atoms with Crippen LogP contribution in [0, 0.1) is 0 Å². The van der Waals surface area contributed by atoms with Crippen LogP contribution in [-0.2, 0) is 49.8 Å². The molecule has 0 aromatic rings. The first-order valence-corrected chi connectivity index (χ1v) is 51.7. The Kier molecular flexibility index (Phi) is 136. The van der Waals surface area contributed by atoms with Crippen molar-refractivity contribution < 1.29 is 80.5 Å². The van der Waals surface area contributed by atoms with Crippen molar-refractivity contribution in [2.45, 2.75) is 581 Å². The number of carboxylic acids is 6. The van der Waals surface area contributed by atoms with Crippen LogP contribution in [0.2, 0.25) is 0 Å². The molecule has 0 N–H and O–H groups in total. The summed E-state index contributed by atoms with van der Waals surface area (Å²) in [7, 11) is 0. The molecule has 0 aromatic heterocycles. The van der Waals surface area contributed by atoms with E-state index in [1.54, 1.807) is 0 Å². The minimum Gasteiger partial charge on any atom is -0.550 e. The Balaban J connectivity index is -0.000000257. The van der Waals surface area contributed by atoms with Gasteiger partial charge in [-0.1, -0.05) is 423 Å². The summed E-state index contributed by atoms with van der Waals surface area (Å²) in [5, 5.41) is 61.3. The summed E-state index contributed by atoms with van der Waals surface area (Å²) in [5.74, 6) is -5.49. The summed E-state index contributed by atoms with van der Waals surface area (Å²) in [6, 6.07) is 0. The van der Waals surface area contributed by atoms with Gasteiger partial charge in [0.2, 0.25) is 0 Å². The molecule has 0 aliphatic rings. The first kappa shape index (κ1) is 130. The van der Waals surface area contributed by atoms with E-state index in [2.05, 4.69) is 114 Å². The maximum atomic E-state index is 10.2. The topological polar surface area (TPSA) is 241 Å². The van der Waals surface area contributed by atoms with Crippen molar-refractivity contribution in [3.63, 3.8) is 0 Å². The van der Waals surface area contributed by atoms with Crippen LogP contribution in [0.5, 0.6) is 0 Å². The van der Waals surface area contributed by atoms with Gasteiger partial charge in [-0.3, -0.25) is 0 Å². The molecule has 0 aromatic carbocycles. The molecule has 0 heterocycles. The van der Waals surface area contributed by atoms with E-state index < -0.39 is 35.8 Å². The molecule has 0 unspecified atom stereocenters. The van der Waals surface area contributed by atoms with Crippen LogP contribution in [0.4, 0.5) is 0 Å². The van der Waals surface area contributed by atoms with E-state index in [1.165, 1.54) is 385 Å². The molecule has 0 spiro atoms. The molecule has 0 saturated carbocycles. The molecule has 13 heteroatoms. The second-order valence-corrected chi connectivity index (χ2v) is 34.2. The van der Waals surface area contributed by atoms with Gasteiger partial charge in [0.25, 0.3) is 0 Å². The number of hydrogen-bond acceptors (Lipinski definition) is 12. The summed E-state index contributed by atoms with van der Waals surface area (Å²) < 4.78 is 0. The van der Waals surface area contributed by atoms with Gasteiger partial charge < -0.3 is 59.4 Å². The predicted molar refractivity (Wildman–Crippen MR) is 507 cm³/mol. The van der Waals surface area contributed by atoms with Crippen molar-refractivity contribution in [1.29, 1.82) is 0 Å². The van der Waals surface area contributed by atoms with E-state index in [-0.39, 0.29) is 59.6 Å². The van der Waals surface area contributed by atoms with Crippen molar-refractivity contribution in [1.82, 2.24) is 0 Å². The van der Waals surface area contributed by atoms with Gasteiger partial charge in [0.05, 0.1) is 0 Å². The molecule has 0 rings (SSSR count). The fourth-order valence-electron chi connectivity index (χ4n) is 14.0. The molecule has 0 fully saturated rings. The molecular weight excluding hydrogens is 1590 g/mol. The van der Waals surface area contributed by atoms with Gasteiger partial charge in [-0.25, -0.2) is 0 Å². The maximum absolute atomic E-state index is 10.2. The fraction of sp³-hybridized carbons (Fsp3) is 0.833. The Bertz CT molecular complexity index is 1800. The molecule has 121 heavy (non-hydrogen) atoms. The first-order valence-electron chi connectivity index (χ1n) is 51.7. The quantitative estimate of drug-likeness (QED) is 0.0314. The third-order valence-electron chi connectivity index (χ3n) is 21.9. The summed E-state index contributed by atoms with van der Waals surface area (Å²) in [4.78, 5) is 61.3. The van der Waals surface area contributed by atoms with Crippen LogP contribution in [0.3, 0.4) is 0 Å². The molecule has 0 atom stereocenters. The minimum absolute atomic E-state index is 0. The SMILES string of the molecule is CCCCCCCC/C=C\CCCCCCCC(=O)[O-].CCCCCCCC/C=C\CCCCCCCC(=O)[O-].CCCCCCCC/C=C\CCCCCCCC(=O)[O-].CCCCCCCC/C=C\CCCCCCCC(=O)[O-].CCCCCCCC/C=C\CCCCCCCC(=O)[O-].CCCCCCCC/C=C\CCCCCCCC(=O)[O-].[Mo+6]. The van der Waals surface area contributed by atoms with Gasteiger partial charge >= 0.3 is 21.1 Å². The van der Waals surface area contributed by atoms with Crippen LogP contribution in [0.15, 0.2) is 72.9 Å². The van der Waals surface area contributed by atoms with E-state index >= 15 is 0 Å². The number of hydrogen-bond donors (Lipinski definition) is 0. The molecular formula is C108H198MoO12. The van der Waals surface area contributed by atoms with E-state index in [0.717, 1.165) is 116 Å². The molecule has 708 valence electrons. The van der Waals surface area contributed by atoms with Gasteiger partial charge in [0.15, 0.2) is 0 Å². The predicted octanol–water partition coefficient (Wildman–Crippen LogP) is 28.6. The van der Waals surface area contributed by atoms with Crippen molar-refractivity contribution in [2.24, 2.45) is 0 Å². The number of unbranched alkanes of at least 4 members (excludes halogenated alkanes) is 66. The Labute approximate surface area is 765 Å². The molecule has 0 aliphatic carbocycles. The zero-order valence-electron chi connectivity index (χ0n) is 80.6. The van der Waals surface area contributed by atoms with Gasteiger partial charge in [-0.15, -0.1) is 0 Å². The second kappa shape index (κ2) is 127. The third kappa shape index (κ3) is 157. The van der Waals surface area contributed by atoms with Gasteiger partial charge in [-0.2, -0.15) is 0 Å². The van der Waals surface area contributed by atoms with Crippen molar-refractivity contribution in [3.05, 3.63) is 72.9 Å². The number of carbonyl (C=O) groups is 6. The average Bonchev–Trinajstić information content (AvgIpc) is 1.37. The van der Waals surface area contributed by atoms with Crippen LogP contribution in [0.25, 0.3) is 0 Å². The summed E-state index contributed by atoms with van der Waals surface area (Å²) >= 11 is 0. The molecule has 0 saturated heterocycles. The minimum atomic E-state index is -0.914. The first-order chi connectivity index (χ1) is 58.6. The van der Waals surface area contributed by atoms with Crippen molar-refractivity contribution in [3.8, 4) is 0 Å². The normalized spacial score (nSPS) is 11.2. The Morgan fingerprint density at radius 1 is 0.132 bits per heavy atom. The maximum Gasteiger partial charge on any atom is 6.00 e. The van der Waals surface area contributed by atoms with E-state index in [9.17, 15) is 59.4 Å². The fourth-order valence-corrected chi connectivity index (χ4v) is 14.0. The van der Waals surface area contributed by atoms with Gasteiger partial charge in [0.1, 0.15) is 0 Å². The van der Waals surface area contributed by atoms with Gasteiger partial charge in [0, 0.05) is 35.8 Å². The number of rotatable bonds is 90. The zero-order valence-corrected chi connectivity index (χ0v) is 82.6. The number of allylic oxidation sites excluding steroid dienone is 12. The number of carbonyl (C=O) groups excluding carboxylic acids is 6. The van der Waals surface area contributed by atoms with E-state index in [0.29, 0.717) is 0 Å².